The van der Waals surface area contributed by atoms with Crippen molar-refractivity contribution in [2.24, 2.45) is 0 Å². The Kier molecular flexibility index (Phi) is 3.69. The fourth-order valence-electron chi connectivity index (χ4n) is 1.84. The summed E-state index contributed by atoms with van der Waals surface area (Å²) in [4.78, 5) is 20.5. The van der Waals surface area contributed by atoms with Crippen molar-refractivity contribution in [1.82, 2.24) is 0 Å². The molecule has 0 aliphatic heterocycles. The van der Waals surface area contributed by atoms with Crippen LogP contribution in [0.3, 0.4) is 0 Å². The van der Waals surface area contributed by atoms with Crippen LogP contribution >= 0.6 is 0 Å². The van der Waals surface area contributed by atoms with E-state index in [0.717, 1.165) is 18.1 Å². The van der Waals surface area contributed by atoms with Crippen molar-refractivity contribution in [2.45, 2.75) is 13.3 Å². The first-order valence-electron chi connectivity index (χ1n) is 5.96. The van der Waals surface area contributed by atoms with Crippen LogP contribution in [0.2, 0.25) is 0 Å². The van der Waals surface area contributed by atoms with Crippen LogP contribution in [0.1, 0.15) is 12.5 Å². The van der Waals surface area contributed by atoms with Crippen LogP contribution < -0.4 is 4.57 Å². The van der Waals surface area contributed by atoms with Gasteiger partial charge in [0.15, 0.2) is 12.4 Å². The lowest BCUT2D eigenvalue weighted by molar-refractivity contribution is -0.601. The van der Waals surface area contributed by atoms with Crippen molar-refractivity contribution in [3.05, 3.63) is 68.5 Å². The second-order valence-electron chi connectivity index (χ2n) is 4.15. The normalized spacial score (nSPS) is 10.2. The van der Waals surface area contributed by atoms with Gasteiger partial charge in [-0.1, -0.05) is 6.92 Å². The Morgan fingerprint density at radius 2 is 1.70 bits per heavy atom. The third-order valence-corrected chi connectivity index (χ3v) is 2.95. The van der Waals surface area contributed by atoms with E-state index in [1.165, 1.54) is 12.1 Å². The van der Waals surface area contributed by atoms with E-state index in [0.29, 0.717) is 5.69 Å². The summed E-state index contributed by atoms with van der Waals surface area (Å²) >= 11 is 0. The highest BCUT2D eigenvalue weighted by Crippen LogP contribution is 2.24. The van der Waals surface area contributed by atoms with Crippen LogP contribution in [-0.2, 0) is 6.42 Å². The van der Waals surface area contributed by atoms with Gasteiger partial charge in [0, 0.05) is 24.3 Å². The number of pyridine rings is 1. The van der Waals surface area contributed by atoms with Gasteiger partial charge in [-0.15, -0.1) is 0 Å². The van der Waals surface area contributed by atoms with Gasteiger partial charge in [-0.25, -0.2) is 0 Å². The molecule has 1 aromatic carbocycles. The van der Waals surface area contributed by atoms with Gasteiger partial charge in [0.25, 0.3) is 11.4 Å². The average molecular weight is 274 g/mol. The molecule has 2 rings (SSSR count). The minimum Gasteiger partial charge on any atom is -0.258 e. The Morgan fingerprint density at radius 1 is 1.05 bits per heavy atom. The standard InChI is InChI=1S/C13H12N3O4/c1-2-10-5-7-14(8-6-10)12-4-3-11(15(17)18)9-13(12)16(19)20/h3-9H,2H2,1H3/q+1. The molecule has 7 nitrogen and oxygen atoms in total. The third kappa shape index (κ3) is 2.61. The number of benzene rings is 1. The van der Waals surface area contributed by atoms with Crippen molar-refractivity contribution in [3.63, 3.8) is 0 Å². The van der Waals surface area contributed by atoms with Gasteiger partial charge in [-0.05, 0) is 12.0 Å². The van der Waals surface area contributed by atoms with E-state index in [-0.39, 0.29) is 11.4 Å². The van der Waals surface area contributed by atoms with E-state index in [2.05, 4.69) is 0 Å². The summed E-state index contributed by atoms with van der Waals surface area (Å²) in [6.07, 6.45) is 4.27. The molecule has 0 atom stereocenters. The number of aromatic nitrogens is 1. The Balaban J connectivity index is 2.54. The molecule has 20 heavy (non-hydrogen) atoms. The molecule has 0 fully saturated rings. The molecule has 0 saturated heterocycles. The van der Waals surface area contributed by atoms with E-state index in [4.69, 9.17) is 0 Å². The molecule has 0 bridgehead atoms. The topological polar surface area (TPSA) is 90.2 Å². The largest absolute Gasteiger partial charge is 0.347 e. The molecule has 0 unspecified atom stereocenters. The van der Waals surface area contributed by atoms with Gasteiger partial charge >= 0.3 is 5.69 Å². The zero-order valence-corrected chi connectivity index (χ0v) is 10.7. The number of aryl methyl sites for hydroxylation is 1. The summed E-state index contributed by atoms with van der Waals surface area (Å²) in [5.41, 5.74) is 0.800. The molecule has 0 saturated carbocycles. The summed E-state index contributed by atoms with van der Waals surface area (Å²) in [7, 11) is 0. The second-order valence-corrected chi connectivity index (χ2v) is 4.15. The lowest BCUT2D eigenvalue weighted by atomic mass is 10.2. The molecule has 0 aliphatic rings. The smallest absolute Gasteiger partial charge is 0.258 e. The number of rotatable bonds is 4. The van der Waals surface area contributed by atoms with E-state index in [1.807, 2.05) is 19.1 Å². The first-order valence-corrected chi connectivity index (χ1v) is 5.96. The number of hydrogen-bond acceptors (Lipinski definition) is 4. The highest BCUT2D eigenvalue weighted by molar-refractivity contribution is 5.53. The van der Waals surface area contributed by atoms with Crippen molar-refractivity contribution in [3.8, 4) is 5.69 Å². The molecular weight excluding hydrogens is 262 g/mol. The van der Waals surface area contributed by atoms with E-state index < -0.39 is 9.85 Å². The minimum atomic E-state index is -0.651. The van der Waals surface area contributed by atoms with Crippen LogP contribution in [0.15, 0.2) is 42.7 Å². The average Bonchev–Trinajstić information content (AvgIpc) is 2.46. The number of hydrogen-bond donors (Lipinski definition) is 0. The molecule has 0 radical (unpaired) electrons. The van der Waals surface area contributed by atoms with Crippen LogP contribution in [0.25, 0.3) is 5.69 Å². The lowest BCUT2D eigenvalue weighted by Crippen LogP contribution is -2.30. The van der Waals surface area contributed by atoms with Gasteiger partial charge < -0.3 is 0 Å². The van der Waals surface area contributed by atoms with E-state index >= 15 is 0 Å². The molecule has 0 aliphatic carbocycles. The zero-order chi connectivity index (χ0) is 14.7. The van der Waals surface area contributed by atoms with Crippen molar-refractivity contribution in [1.29, 1.82) is 0 Å². The summed E-state index contributed by atoms with van der Waals surface area (Å²) < 4.78 is 1.57. The summed E-state index contributed by atoms with van der Waals surface area (Å²) in [6.45, 7) is 2.01. The maximum Gasteiger partial charge on any atom is 0.347 e. The molecule has 1 aromatic heterocycles. The molecule has 0 spiro atoms. The molecular formula is C13H12N3O4+. The summed E-state index contributed by atoms with van der Waals surface area (Å²) in [5.74, 6) is 0. The minimum absolute atomic E-state index is 0.295. The summed E-state index contributed by atoms with van der Waals surface area (Å²) in [6, 6.07) is 7.30. The van der Waals surface area contributed by atoms with Crippen molar-refractivity contribution in [2.75, 3.05) is 0 Å². The second kappa shape index (κ2) is 5.43. The Morgan fingerprint density at radius 3 is 2.20 bits per heavy atom. The molecule has 1 heterocycles. The maximum absolute atomic E-state index is 11.1. The predicted octanol–water partition coefficient (Wildman–Crippen LogP) is 2.34. The Hall–Kier alpha value is -2.83. The first kappa shape index (κ1) is 13.6. The maximum atomic E-state index is 11.1. The van der Waals surface area contributed by atoms with Gasteiger partial charge in [0.05, 0.1) is 9.85 Å². The van der Waals surface area contributed by atoms with Crippen molar-refractivity contribution >= 4 is 11.4 Å². The third-order valence-electron chi connectivity index (χ3n) is 2.95. The Bertz CT molecular complexity index is 668. The quantitative estimate of drug-likeness (QED) is 0.486. The number of nitro groups is 2. The number of nitrogens with zero attached hydrogens (tertiary/aromatic N) is 3. The zero-order valence-electron chi connectivity index (χ0n) is 10.7. The summed E-state index contributed by atoms with van der Waals surface area (Å²) in [5, 5.41) is 21.7. The molecule has 0 amide bonds. The van der Waals surface area contributed by atoms with Crippen LogP contribution in [0.5, 0.6) is 0 Å². The lowest BCUT2D eigenvalue weighted by Gasteiger charge is -1.99. The van der Waals surface area contributed by atoms with Gasteiger partial charge in [-0.3, -0.25) is 20.2 Å². The fourth-order valence-corrected chi connectivity index (χ4v) is 1.84. The Labute approximate surface area is 114 Å². The molecule has 102 valence electrons. The number of nitro benzene ring substituents is 2. The van der Waals surface area contributed by atoms with Gasteiger partial charge in [0.1, 0.15) is 6.07 Å². The molecule has 2 aromatic rings. The van der Waals surface area contributed by atoms with Crippen molar-refractivity contribution < 1.29 is 14.4 Å². The van der Waals surface area contributed by atoms with E-state index in [9.17, 15) is 20.2 Å². The monoisotopic (exact) mass is 274 g/mol. The number of non-ortho nitro benzene ring substituents is 1. The molecule has 0 N–H and O–H groups in total. The van der Waals surface area contributed by atoms with Crippen LogP contribution in [0.4, 0.5) is 11.4 Å². The molecule has 7 heteroatoms. The highest BCUT2D eigenvalue weighted by Gasteiger charge is 2.25. The van der Waals surface area contributed by atoms with Crippen LogP contribution in [0, 0.1) is 20.2 Å². The fraction of sp³-hybridized carbons (Fsp3) is 0.154. The highest BCUT2D eigenvalue weighted by atomic mass is 16.6. The van der Waals surface area contributed by atoms with Crippen LogP contribution in [-0.4, -0.2) is 9.85 Å². The predicted molar refractivity (Wildman–Crippen MR) is 70.7 cm³/mol. The van der Waals surface area contributed by atoms with E-state index in [1.54, 1.807) is 17.0 Å². The first-order chi connectivity index (χ1) is 9.52. The SMILES string of the molecule is CCc1cc[n+](-c2ccc([N+](=O)[O-])cc2[N+](=O)[O-])cc1. The van der Waals surface area contributed by atoms with Gasteiger partial charge in [-0.2, -0.15) is 4.57 Å². The van der Waals surface area contributed by atoms with Gasteiger partial charge in [0.2, 0.25) is 0 Å².